The molecule has 0 aliphatic rings. The lowest BCUT2D eigenvalue weighted by atomic mass is 10.1. The zero-order valence-corrected chi connectivity index (χ0v) is 22.6. The third kappa shape index (κ3) is 6.32. The Morgan fingerprint density at radius 1 is 1.03 bits per heavy atom. The van der Waals surface area contributed by atoms with Crippen molar-refractivity contribution >= 4 is 21.7 Å². The Hall–Kier alpha value is -3.36. The SMILES string of the molecule is C/C=S(\c1ccc(-c2cnc(NCC)c(-c3cc(-c4ccc(CNCF)cc4)no3)n2)cc1)C(C)CC. The van der Waals surface area contributed by atoms with E-state index in [0.29, 0.717) is 41.3 Å². The van der Waals surface area contributed by atoms with E-state index in [4.69, 9.17) is 9.51 Å². The molecule has 0 aliphatic carbocycles. The monoisotopic (exact) mass is 519 g/mol. The van der Waals surface area contributed by atoms with E-state index in [1.807, 2.05) is 37.3 Å². The first-order valence-corrected chi connectivity index (χ1v) is 14.0. The maximum Gasteiger partial charge on any atom is 0.189 e. The van der Waals surface area contributed by atoms with E-state index < -0.39 is 6.80 Å². The van der Waals surface area contributed by atoms with Crippen LogP contribution in [0.15, 0.2) is 70.2 Å². The topological polar surface area (TPSA) is 75.9 Å². The summed E-state index contributed by atoms with van der Waals surface area (Å²) in [6, 6.07) is 18.3. The Balaban J connectivity index is 1.63. The van der Waals surface area contributed by atoms with E-state index in [9.17, 15) is 4.39 Å². The Labute approximate surface area is 220 Å². The molecule has 2 aromatic heterocycles. The predicted octanol–water partition coefficient (Wildman–Crippen LogP) is 7.16. The Bertz CT molecular complexity index is 1340. The molecule has 0 bridgehead atoms. The van der Waals surface area contributed by atoms with Gasteiger partial charge < -0.3 is 9.84 Å². The Morgan fingerprint density at radius 3 is 2.38 bits per heavy atom. The van der Waals surface area contributed by atoms with Gasteiger partial charge in [-0.1, -0.05) is 60.8 Å². The van der Waals surface area contributed by atoms with E-state index >= 15 is 0 Å². The Morgan fingerprint density at radius 2 is 1.73 bits per heavy atom. The maximum atomic E-state index is 12.4. The number of rotatable bonds is 11. The largest absolute Gasteiger partial charge is 0.368 e. The van der Waals surface area contributed by atoms with Crippen molar-refractivity contribution in [2.24, 2.45) is 0 Å². The van der Waals surface area contributed by atoms with Gasteiger partial charge in [-0.2, -0.15) is 10.5 Å². The molecule has 4 aromatic rings. The van der Waals surface area contributed by atoms with Gasteiger partial charge in [0.05, 0.1) is 11.9 Å². The van der Waals surface area contributed by atoms with Crippen molar-refractivity contribution in [2.45, 2.75) is 50.8 Å². The molecule has 2 heterocycles. The molecule has 0 saturated carbocycles. The molecule has 8 heteroatoms. The van der Waals surface area contributed by atoms with Gasteiger partial charge in [-0.05, 0) is 38.0 Å². The van der Waals surface area contributed by atoms with Gasteiger partial charge in [0.1, 0.15) is 12.5 Å². The van der Waals surface area contributed by atoms with Gasteiger partial charge in [0.25, 0.3) is 0 Å². The van der Waals surface area contributed by atoms with Crippen LogP contribution in [0.1, 0.15) is 39.7 Å². The van der Waals surface area contributed by atoms with Crippen LogP contribution >= 0.6 is 10.5 Å². The molecular formula is C29H34FN5OS. The first-order valence-electron chi connectivity index (χ1n) is 12.6. The maximum absolute atomic E-state index is 12.4. The lowest BCUT2D eigenvalue weighted by molar-refractivity contribution is 0.424. The first kappa shape index (κ1) is 26.7. The summed E-state index contributed by atoms with van der Waals surface area (Å²) in [6.07, 6.45) is 2.94. The molecule has 4 rings (SSSR count). The van der Waals surface area contributed by atoms with E-state index in [0.717, 1.165) is 28.8 Å². The summed E-state index contributed by atoms with van der Waals surface area (Å²) in [5.74, 6) is 1.19. The molecule has 0 aliphatic heterocycles. The van der Waals surface area contributed by atoms with Crippen molar-refractivity contribution in [2.75, 3.05) is 18.7 Å². The van der Waals surface area contributed by atoms with Gasteiger partial charge in [-0.15, -0.1) is 0 Å². The third-order valence-corrected chi connectivity index (χ3v) is 8.74. The van der Waals surface area contributed by atoms with Gasteiger partial charge >= 0.3 is 0 Å². The molecule has 37 heavy (non-hydrogen) atoms. The number of nitrogens with one attached hydrogen (secondary N) is 2. The molecule has 0 amide bonds. The van der Waals surface area contributed by atoms with Gasteiger partial charge in [-0.3, -0.25) is 5.32 Å². The molecule has 0 spiro atoms. The van der Waals surface area contributed by atoms with Crippen LogP contribution in [0.4, 0.5) is 10.2 Å². The summed E-state index contributed by atoms with van der Waals surface area (Å²) < 4.78 is 18.1. The van der Waals surface area contributed by atoms with Crippen molar-refractivity contribution < 1.29 is 8.91 Å². The van der Waals surface area contributed by atoms with Crippen molar-refractivity contribution in [3.8, 4) is 34.0 Å². The molecule has 2 atom stereocenters. The van der Waals surface area contributed by atoms with Crippen molar-refractivity contribution in [3.05, 3.63) is 66.4 Å². The Kier molecular flexibility index (Phi) is 9.19. The molecule has 2 aromatic carbocycles. The third-order valence-electron chi connectivity index (χ3n) is 6.22. The van der Waals surface area contributed by atoms with Crippen LogP contribution in [0.3, 0.4) is 0 Å². The molecule has 2 N–H and O–H groups in total. The van der Waals surface area contributed by atoms with Crippen LogP contribution in [0.25, 0.3) is 34.0 Å². The summed E-state index contributed by atoms with van der Waals surface area (Å²) in [5, 5.41) is 13.2. The van der Waals surface area contributed by atoms with Crippen LogP contribution < -0.4 is 10.6 Å². The number of nitrogens with zero attached hydrogens (tertiary/aromatic N) is 3. The van der Waals surface area contributed by atoms with Crippen LogP contribution in [-0.4, -0.2) is 39.1 Å². The van der Waals surface area contributed by atoms with Crippen molar-refractivity contribution in [3.63, 3.8) is 0 Å². The summed E-state index contributed by atoms with van der Waals surface area (Å²) in [7, 11) is 0.122. The van der Waals surface area contributed by atoms with Crippen LogP contribution in [0.2, 0.25) is 0 Å². The number of halogens is 1. The molecule has 0 radical (unpaired) electrons. The zero-order valence-electron chi connectivity index (χ0n) is 21.8. The fraction of sp³-hybridized carbons (Fsp3) is 0.310. The first-order chi connectivity index (χ1) is 18.1. The average molecular weight is 520 g/mol. The molecule has 2 unspecified atom stereocenters. The van der Waals surface area contributed by atoms with Gasteiger partial charge in [0.2, 0.25) is 0 Å². The highest BCUT2D eigenvalue weighted by Crippen LogP contribution is 2.35. The van der Waals surface area contributed by atoms with Crippen molar-refractivity contribution in [1.82, 2.24) is 20.4 Å². The van der Waals surface area contributed by atoms with Crippen molar-refractivity contribution in [1.29, 1.82) is 0 Å². The predicted molar refractivity (Wildman–Crippen MR) is 153 cm³/mol. The van der Waals surface area contributed by atoms with E-state index in [2.05, 4.69) is 71.2 Å². The molecule has 194 valence electrons. The number of anilines is 1. The normalized spacial score (nSPS) is 13.0. The van der Waals surface area contributed by atoms with Gasteiger partial charge in [0, 0.05) is 40.4 Å². The van der Waals surface area contributed by atoms with Gasteiger partial charge in [-0.25, -0.2) is 14.4 Å². The second-order valence-electron chi connectivity index (χ2n) is 8.67. The summed E-state index contributed by atoms with van der Waals surface area (Å²) in [4.78, 5) is 10.9. The van der Waals surface area contributed by atoms with E-state index in [-0.39, 0.29) is 10.5 Å². The summed E-state index contributed by atoms with van der Waals surface area (Å²) in [6.45, 7) is 9.33. The number of aromatic nitrogens is 3. The second-order valence-corrected chi connectivity index (χ2v) is 11.2. The fourth-order valence-electron chi connectivity index (χ4n) is 4.07. The van der Waals surface area contributed by atoms with E-state index in [1.54, 1.807) is 6.20 Å². The summed E-state index contributed by atoms with van der Waals surface area (Å²) >= 11 is 0. The minimum absolute atomic E-state index is 0.122. The number of hydrogen-bond acceptors (Lipinski definition) is 6. The highest BCUT2D eigenvalue weighted by atomic mass is 32.2. The molecule has 6 nitrogen and oxygen atoms in total. The highest BCUT2D eigenvalue weighted by molar-refractivity contribution is 8.15. The minimum atomic E-state index is -0.553. The lowest BCUT2D eigenvalue weighted by Gasteiger charge is -2.16. The quantitative estimate of drug-likeness (QED) is 0.162. The summed E-state index contributed by atoms with van der Waals surface area (Å²) in [5.41, 5.74) is 5.00. The van der Waals surface area contributed by atoms with E-state index in [1.165, 1.54) is 4.90 Å². The minimum Gasteiger partial charge on any atom is -0.368 e. The second kappa shape index (κ2) is 12.7. The number of hydrogen-bond donors (Lipinski definition) is 2. The van der Waals surface area contributed by atoms with Crippen LogP contribution in [-0.2, 0) is 6.54 Å². The highest BCUT2D eigenvalue weighted by Gasteiger charge is 2.17. The van der Waals surface area contributed by atoms with Crippen LogP contribution in [0.5, 0.6) is 0 Å². The zero-order chi connectivity index (χ0) is 26.2. The molecule has 0 fully saturated rings. The smallest absolute Gasteiger partial charge is 0.189 e. The molecular weight excluding hydrogens is 485 g/mol. The molecule has 0 saturated heterocycles. The standard InChI is InChI=1S/C29H34FN5OS/c1-5-20(4)37(7-3)24-14-12-23(13-15-24)26-18-33-29(32-6-2)28(34-26)27-16-25(35-36-27)22-10-8-21(9-11-22)17-31-19-30/h7-16,18,20,31H,5-6,17,19H2,1-4H3,(H,32,33). The van der Waals surface area contributed by atoms with Crippen LogP contribution in [0, 0.1) is 0 Å². The number of alkyl halides is 1. The fourth-order valence-corrected chi connectivity index (χ4v) is 6.08. The number of benzene rings is 2. The average Bonchev–Trinajstić information content (AvgIpc) is 3.43. The van der Waals surface area contributed by atoms with Gasteiger partial charge in [0.15, 0.2) is 17.3 Å². The lowest BCUT2D eigenvalue weighted by Crippen LogP contribution is -2.10.